The topological polar surface area (TPSA) is 94.7 Å². The molecular formula is C22H23N5O2S. The minimum Gasteiger partial charge on any atom is -0.309 e. The van der Waals surface area contributed by atoms with E-state index in [1.54, 1.807) is 17.4 Å². The lowest BCUT2D eigenvalue weighted by atomic mass is 9.89. The first-order valence-electron chi connectivity index (χ1n) is 10.2. The first kappa shape index (κ1) is 19.1. The molecule has 1 atom stereocenters. The van der Waals surface area contributed by atoms with Crippen molar-refractivity contribution in [1.82, 2.24) is 24.8 Å². The first-order chi connectivity index (χ1) is 14.5. The van der Waals surface area contributed by atoms with Gasteiger partial charge in [0.15, 0.2) is 0 Å². The molecule has 0 unspecified atom stereocenters. The van der Waals surface area contributed by atoms with Crippen molar-refractivity contribution in [3.05, 3.63) is 67.1 Å². The number of fused-ring (bicyclic) bond motifs is 4. The van der Waals surface area contributed by atoms with E-state index in [9.17, 15) is 9.59 Å². The molecule has 0 fully saturated rings. The lowest BCUT2D eigenvalue weighted by Crippen LogP contribution is -2.24. The van der Waals surface area contributed by atoms with Gasteiger partial charge in [-0.05, 0) is 49.9 Å². The molecule has 30 heavy (non-hydrogen) atoms. The zero-order chi connectivity index (χ0) is 20.8. The van der Waals surface area contributed by atoms with Crippen LogP contribution in [0.5, 0.6) is 0 Å². The second-order valence-electron chi connectivity index (χ2n) is 8.25. The molecule has 3 aromatic heterocycles. The van der Waals surface area contributed by atoms with Crippen LogP contribution in [0.1, 0.15) is 35.4 Å². The number of rotatable bonds is 4. The third-order valence-corrected chi connectivity index (χ3v) is 6.86. The van der Waals surface area contributed by atoms with Gasteiger partial charge in [0.25, 0.3) is 11.1 Å². The highest BCUT2D eigenvalue weighted by Gasteiger charge is 2.23. The average Bonchev–Trinajstić information content (AvgIpc) is 3.05. The summed E-state index contributed by atoms with van der Waals surface area (Å²) in [6, 6.07) is 7.29. The normalized spacial score (nSPS) is 16.4. The second kappa shape index (κ2) is 7.45. The van der Waals surface area contributed by atoms with Gasteiger partial charge < -0.3 is 9.97 Å². The summed E-state index contributed by atoms with van der Waals surface area (Å²) in [6.45, 7) is 3.16. The molecule has 0 saturated carbocycles. The van der Waals surface area contributed by atoms with E-state index in [1.165, 1.54) is 10.4 Å². The quantitative estimate of drug-likeness (QED) is 0.528. The summed E-state index contributed by atoms with van der Waals surface area (Å²) >= 11 is 1.66. The zero-order valence-corrected chi connectivity index (χ0v) is 17.8. The van der Waals surface area contributed by atoms with Gasteiger partial charge in [-0.25, -0.2) is 9.97 Å². The van der Waals surface area contributed by atoms with Crippen LogP contribution in [0.15, 0.2) is 33.9 Å². The Kier molecular flexibility index (Phi) is 4.75. The summed E-state index contributed by atoms with van der Waals surface area (Å²) in [7, 11) is 1.92. The molecule has 2 N–H and O–H groups in total. The minimum absolute atomic E-state index is 0.0484. The molecule has 0 aliphatic heterocycles. The Hall–Kier alpha value is -2.84. The number of aryl methyl sites for hydroxylation is 1. The number of para-hydroxylation sites is 1. The molecule has 0 saturated heterocycles. The maximum atomic E-state index is 12.8. The standard InChI is InChI=1S/C22H23N5O2S/c1-12-7-8-14-16(9-12)30-22-19(14)21(29)25-18(26-22)11-27(2)10-17-23-15-6-4-3-5-13(15)20(28)24-17/h3-6,12H,7-11H2,1-2H3,(H,23,24,28)(H,25,26,29)/t12-/m1/s1. The average molecular weight is 422 g/mol. The summed E-state index contributed by atoms with van der Waals surface area (Å²) in [4.78, 5) is 44.3. The molecular weight excluding hydrogens is 398 g/mol. The SMILES string of the molecule is C[C@@H]1CCc2c(sc3nc(CN(C)Cc4nc5ccccc5c(=O)[nH]4)[nH]c(=O)c23)C1. The molecule has 4 aromatic rings. The van der Waals surface area contributed by atoms with Crippen LogP contribution in [0.3, 0.4) is 0 Å². The largest absolute Gasteiger partial charge is 0.309 e. The summed E-state index contributed by atoms with van der Waals surface area (Å²) in [6.07, 6.45) is 3.12. The van der Waals surface area contributed by atoms with Gasteiger partial charge in [0.2, 0.25) is 0 Å². The lowest BCUT2D eigenvalue weighted by molar-refractivity contribution is 0.303. The van der Waals surface area contributed by atoms with Crippen molar-refractivity contribution in [3.63, 3.8) is 0 Å². The summed E-state index contributed by atoms with van der Waals surface area (Å²) in [5.41, 5.74) is 1.68. The van der Waals surface area contributed by atoms with Gasteiger partial charge in [-0.1, -0.05) is 19.1 Å². The molecule has 1 aromatic carbocycles. The third-order valence-electron chi connectivity index (χ3n) is 5.72. The van der Waals surface area contributed by atoms with E-state index in [2.05, 4.69) is 21.9 Å². The smallest absolute Gasteiger partial charge is 0.259 e. The van der Waals surface area contributed by atoms with E-state index in [0.29, 0.717) is 41.6 Å². The molecule has 5 rings (SSSR count). The molecule has 8 heteroatoms. The van der Waals surface area contributed by atoms with E-state index in [0.717, 1.165) is 29.5 Å². The number of benzene rings is 1. The van der Waals surface area contributed by atoms with Crippen molar-refractivity contribution in [1.29, 1.82) is 0 Å². The lowest BCUT2D eigenvalue weighted by Gasteiger charge is -2.17. The molecule has 1 aliphatic carbocycles. The van der Waals surface area contributed by atoms with E-state index in [1.807, 2.05) is 30.1 Å². The van der Waals surface area contributed by atoms with Crippen molar-refractivity contribution in [3.8, 4) is 0 Å². The molecule has 0 amide bonds. The third kappa shape index (κ3) is 3.46. The maximum Gasteiger partial charge on any atom is 0.259 e. The Morgan fingerprint density at radius 1 is 1.10 bits per heavy atom. The van der Waals surface area contributed by atoms with E-state index >= 15 is 0 Å². The molecule has 0 spiro atoms. The molecule has 1 aliphatic rings. The van der Waals surface area contributed by atoms with Crippen LogP contribution < -0.4 is 11.1 Å². The van der Waals surface area contributed by atoms with Gasteiger partial charge in [0, 0.05) is 4.88 Å². The van der Waals surface area contributed by atoms with Gasteiger partial charge in [-0.2, -0.15) is 0 Å². The number of H-pyrrole nitrogens is 2. The summed E-state index contributed by atoms with van der Waals surface area (Å²) < 4.78 is 0. The van der Waals surface area contributed by atoms with E-state index in [-0.39, 0.29) is 11.1 Å². The van der Waals surface area contributed by atoms with Crippen LogP contribution in [-0.2, 0) is 25.9 Å². The fourth-order valence-electron chi connectivity index (χ4n) is 4.25. The Balaban J connectivity index is 1.40. The van der Waals surface area contributed by atoms with Crippen molar-refractivity contribution < 1.29 is 0 Å². The van der Waals surface area contributed by atoms with Crippen LogP contribution >= 0.6 is 11.3 Å². The fourth-order valence-corrected chi connectivity index (χ4v) is 5.65. The number of nitrogens with one attached hydrogen (secondary N) is 2. The van der Waals surface area contributed by atoms with Crippen LogP contribution in [0, 0.1) is 5.92 Å². The van der Waals surface area contributed by atoms with E-state index < -0.39 is 0 Å². The molecule has 154 valence electrons. The Morgan fingerprint density at radius 3 is 2.67 bits per heavy atom. The summed E-state index contributed by atoms with van der Waals surface area (Å²) in [5, 5.41) is 1.35. The van der Waals surface area contributed by atoms with Crippen molar-refractivity contribution in [2.45, 2.75) is 39.3 Å². The Bertz CT molecular complexity index is 1370. The Morgan fingerprint density at radius 2 is 1.83 bits per heavy atom. The predicted molar refractivity (Wildman–Crippen MR) is 119 cm³/mol. The second-order valence-corrected chi connectivity index (χ2v) is 9.33. The molecule has 0 radical (unpaired) electrons. The van der Waals surface area contributed by atoms with Crippen LogP contribution in [0.4, 0.5) is 0 Å². The molecule has 3 heterocycles. The van der Waals surface area contributed by atoms with Gasteiger partial charge in [0.1, 0.15) is 16.5 Å². The number of hydrogen-bond acceptors (Lipinski definition) is 6. The zero-order valence-electron chi connectivity index (χ0n) is 17.0. The minimum atomic E-state index is -0.143. The fraction of sp³-hybridized carbons (Fsp3) is 0.364. The van der Waals surface area contributed by atoms with Crippen LogP contribution in [0.2, 0.25) is 0 Å². The summed E-state index contributed by atoms with van der Waals surface area (Å²) in [5.74, 6) is 1.88. The van der Waals surface area contributed by atoms with Gasteiger partial charge >= 0.3 is 0 Å². The number of thiophene rings is 1. The van der Waals surface area contributed by atoms with Crippen molar-refractivity contribution in [2.75, 3.05) is 7.05 Å². The monoisotopic (exact) mass is 421 g/mol. The van der Waals surface area contributed by atoms with Gasteiger partial charge in [-0.15, -0.1) is 11.3 Å². The highest BCUT2D eigenvalue weighted by atomic mass is 32.1. The first-order valence-corrected chi connectivity index (χ1v) is 11.0. The Labute approximate surface area is 176 Å². The number of aromatic nitrogens is 4. The highest BCUT2D eigenvalue weighted by molar-refractivity contribution is 7.18. The number of nitrogens with zero attached hydrogens (tertiary/aromatic N) is 3. The van der Waals surface area contributed by atoms with Gasteiger partial charge in [0.05, 0.1) is 29.4 Å². The molecule has 0 bridgehead atoms. The van der Waals surface area contributed by atoms with Crippen LogP contribution in [-0.4, -0.2) is 31.9 Å². The predicted octanol–water partition coefficient (Wildman–Crippen LogP) is 2.98. The van der Waals surface area contributed by atoms with Gasteiger partial charge in [-0.3, -0.25) is 14.5 Å². The molecule has 7 nitrogen and oxygen atoms in total. The van der Waals surface area contributed by atoms with E-state index in [4.69, 9.17) is 4.98 Å². The van der Waals surface area contributed by atoms with Crippen molar-refractivity contribution >= 4 is 32.5 Å². The number of hydrogen-bond donors (Lipinski definition) is 2. The maximum absolute atomic E-state index is 12.8. The van der Waals surface area contributed by atoms with Crippen LogP contribution in [0.25, 0.3) is 21.1 Å². The van der Waals surface area contributed by atoms with Crippen molar-refractivity contribution in [2.24, 2.45) is 5.92 Å². The number of aromatic amines is 2. The highest BCUT2D eigenvalue weighted by Crippen LogP contribution is 2.35.